The molecule has 0 fully saturated rings. The summed E-state index contributed by atoms with van der Waals surface area (Å²) < 4.78 is 32.9. The highest BCUT2D eigenvalue weighted by molar-refractivity contribution is 7.98. The summed E-state index contributed by atoms with van der Waals surface area (Å²) in [6.07, 6.45) is 1.09. The number of hydrogen-bond donors (Lipinski definition) is 1. The van der Waals surface area contributed by atoms with Crippen LogP contribution in [0.1, 0.15) is 12.5 Å². The Labute approximate surface area is 161 Å². The third-order valence-corrected chi connectivity index (χ3v) is 4.76. The number of nitrogens with one attached hydrogen (secondary N) is 1. The van der Waals surface area contributed by atoms with Crippen LogP contribution in [-0.2, 0) is 5.75 Å². The molecule has 1 N–H and O–H groups in total. The van der Waals surface area contributed by atoms with Crippen molar-refractivity contribution in [1.82, 2.24) is 9.97 Å². The molecule has 0 saturated carbocycles. The molecule has 2 aromatic carbocycles. The van der Waals surface area contributed by atoms with Gasteiger partial charge in [0.05, 0.1) is 13.3 Å². The summed E-state index contributed by atoms with van der Waals surface area (Å²) >= 11 is 1.83. The Hall–Kier alpha value is -2.67. The van der Waals surface area contributed by atoms with E-state index in [9.17, 15) is 8.78 Å². The predicted molar refractivity (Wildman–Crippen MR) is 105 cm³/mol. The van der Waals surface area contributed by atoms with Gasteiger partial charge in [0, 0.05) is 23.1 Å². The Bertz CT molecular complexity index is 937. The van der Waals surface area contributed by atoms with E-state index in [1.807, 2.05) is 36.0 Å². The molecule has 0 amide bonds. The maximum atomic E-state index is 14.3. The minimum absolute atomic E-state index is 0.0436. The van der Waals surface area contributed by atoms with E-state index in [0.29, 0.717) is 5.56 Å². The lowest BCUT2D eigenvalue weighted by Crippen LogP contribution is -2.02. The highest BCUT2D eigenvalue weighted by Gasteiger charge is 2.15. The van der Waals surface area contributed by atoms with Gasteiger partial charge in [-0.15, -0.1) is 0 Å². The molecule has 1 aromatic heterocycles. The van der Waals surface area contributed by atoms with Crippen molar-refractivity contribution in [2.75, 3.05) is 18.2 Å². The second-order valence-electron chi connectivity index (χ2n) is 5.70. The van der Waals surface area contributed by atoms with Crippen molar-refractivity contribution < 1.29 is 13.5 Å². The number of halogens is 2. The van der Waals surface area contributed by atoms with Crippen LogP contribution in [0.4, 0.5) is 20.4 Å². The fourth-order valence-corrected chi connectivity index (χ4v) is 3.18. The van der Waals surface area contributed by atoms with Gasteiger partial charge in [0.25, 0.3) is 0 Å². The largest absolute Gasteiger partial charge is 0.496 e. The van der Waals surface area contributed by atoms with Crippen molar-refractivity contribution in [1.29, 1.82) is 0 Å². The fraction of sp³-hybridized carbons (Fsp3) is 0.200. The van der Waals surface area contributed by atoms with Crippen molar-refractivity contribution in [2.24, 2.45) is 0 Å². The van der Waals surface area contributed by atoms with Gasteiger partial charge in [-0.3, -0.25) is 0 Å². The van der Waals surface area contributed by atoms with E-state index in [0.717, 1.165) is 23.4 Å². The topological polar surface area (TPSA) is 47.0 Å². The molecule has 0 unspecified atom stereocenters. The number of ether oxygens (including phenoxy) is 1. The van der Waals surface area contributed by atoms with E-state index in [4.69, 9.17) is 4.74 Å². The van der Waals surface area contributed by atoms with Crippen LogP contribution in [0.15, 0.2) is 48.7 Å². The normalized spacial score (nSPS) is 10.7. The number of nitrogens with zero attached hydrogens (tertiary/aromatic N) is 2. The third kappa shape index (κ3) is 4.74. The third-order valence-electron chi connectivity index (χ3n) is 3.82. The van der Waals surface area contributed by atoms with Crippen LogP contribution >= 0.6 is 11.8 Å². The van der Waals surface area contributed by atoms with Crippen molar-refractivity contribution in [2.45, 2.75) is 12.7 Å². The molecule has 140 valence electrons. The first-order chi connectivity index (χ1) is 13.1. The quantitative estimate of drug-likeness (QED) is 0.586. The van der Waals surface area contributed by atoms with Crippen LogP contribution in [0.3, 0.4) is 0 Å². The van der Waals surface area contributed by atoms with Gasteiger partial charge in [0.15, 0.2) is 5.82 Å². The van der Waals surface area contributed by atoms with E-state index < -0.39 is 11.6 Å². The summed E-state index contributed by atoms with van der Waals surface area (Å²) in [4.78, 5) is 8.27. The van der Waals surface area contributed by atoms with Crippen molar-refractivity contribution >= 4 is 23.4 Å². The average molecular weight is 387 g/mol. The summed E-state index contributed by atoms with van der Waals surface area (Å²) in [5.74, 6) is 1.33. The Morgan fingerprint density at radius 3 is 2.78 bits per heavy atom. The first kappa shape index (κ1) is 19.1. The van der Waals surface area contributed by atoms with Crippen molar-refractivity contribution in [3.8, 4) is 17.0 Å². The highest BCUT2D eigenvalue weighted by atomic mass is 32.2. The first-order valence-corrected chi connectivity index (χ1v) is 9.56. The second-order valence-corrected chi connectivity index (χ2v) is 6.97. The number of anilines is 2. The standard InChI is InChI=1S/C20H19F2N3OS/c1-3-27-12-13-5-4-6-15(9-13)24-20-23-11-17(22)19(25-20)16-8-7-14(21)10-18(16)26-2/h4-11H,3,12H2,1-2H3,(H,23,24,25). The molecule has 0 aliphatic carbocycles. The zero-order valence-corrected chi connectivity index (χ0v) is 15.8. The summed E-state index contributed by atoms with van der Waals surface area (Å²) in [6, 6.07) is 11.8. The SMILES string of the molecule is CCSCc1cccc(Nc2ncc(F)c(-c3ccc(F)cc3OC)n2)c1. The van der Waals surface area contributed by atoms with E-state index in [2.05, 4.69) is 22.2 Å². The zero-order valence-electron chi connectivity index (χ0n) is 15.0. The average Bonchev–Trinajstić information content (AvgIpc) is 2.68. The lowest BCUT2D eigenvalue weighted by molar-refractivity contribution is 0.412. The molecule has 0 atom stereocenters. The second kappa shape index (κ2) is 8.81. The summed E-state index contributed by atoms with van der Waals surface area (Å²) in [5.41, 5.74) is 2.39. The molecule has 3 rings (SSSR count). The van der Waals surface area contributed by atoms with Crippen LogP contribution in [0.2, 0.25) is 0 Å². The number of hydrogen-bond acceptors (Lipinski definition) is 5. The minimum Gasteiger partial charge on any atom is -0.496 e. The van der Waals surface area contributed by atoms with E-state index >= 15 is 0 Å². The van der Waals surface area contributed by atoms with Gasteiger partial charge in [-0.2, -0.15) is 11.8 Å². The van der Waals surface area contributed by atoms with Gasteiger partial charge in [-0.05, 0) is 35.6 Å². The molecule has 1 heterocycles. The maximum absolute atomic E-state index is 14.3. The lowest BCUT2D eigenvalue weighted by atomic mass is 10.1. The Kier molecular flexibility index (Phi) is 6.24. The van der Waals surface area contributed by atoms with Gasteiger partial charge in [0.2, 0.25) is 5.95 Å². The monoisotopic (exact) mass is 387 g/mol. The van der Waals surface area contributed by atoms with E-state index in [-0.39, 0.29) is 17.4 Å². The van der Waals surface area contributed by atoms with Gasteiger partial charge in [-0.1, -0.05) is 19.1 Å². The molecular weight excluding hydrogens is 368 g/mol. The number of aromatic nitrogens is 2. The molecule has 0 radical (unpaired) electrons. The van der Waals surface area contributed by atoms with E-state index in [1.54, 1.807) is 0 Å². The van der Waals surface area contributed by atoms with Crippen LogP contribution in [-0.4, -0.2) is 22.8 Å². The summed E-state index contributed by atoms with van der Waals surface area (Å²) in [5, 5.41) is 3.09. The van der Waals surface area contributed by atoms with Crippen molar-refractivity contribution in [3.05, 3.63) is 65.9 Å². The molecule has 0 saturated heterocycles. The zero-order chi connectivity index (χ0) is 19.2. The fourth-order valence-electron chi connectivity index (χ4n) is 2.56. The van der Waals surface area contributed by atoms with Gasteiger partial charge in [-0.25, -0.2) is 18.7 Å². The van der Waals surface area contributed by atoms with Gasteiger partial charge in [0.1, 0.15) is 17.3 Å². The Morgan fingerprint density at radius 2 is 2.00 bits per heavy atom. The Morgan fingerprint density at radius 1 is 1.15 bits per heavy atom. The lowest BCUT2D eigenvalue weighted by Gasteiger charge is -2.11. The molecule has 3 aromatic rings. The first-order valence-electron chi connectivity index (χ1n) is 8.41. The molecule has 27 heavy (non-hydrogen) atoms. The highest BCUT2D eigenvalue weighted by Crippen LogP contribution is 2.31. The maximum Gasteiger partial charge on any atom is 0.227 e. The van der Waals surface area contributed by atoms with Crippen LogP contribution in [0.25, 0.3) is 11.3 Å². The van der Waals surface area contributed by atoms with Crippen LogP contribution in [0.5, 0.6) is 5.75 Å². The molecule has 4 nitrogen and oxygen atoms in total. The molecule has 0 aliphatic heterocycles. The summed E-state index contributed by atoms with van der Waals surface area (Å²) in [6.45, 7) is 2.12. The predicted octanol–water partition coefficient (Wildman–Crippen LogP) is 5.43. The minimum atomic E-state index is -0.612. The molecule has 0 spiro atoms. The van der Waals surface area contributed by atoms with Crippen LogP contribution in [0, 0.1) is 11.6 Å². The number of benzene rings is 2. The number of methoxy groups -OCH3 is 1. The molecule has 0 bridgehead atoms. The number of thioether (sulfide) groups is 1. The summed E-state index contributed by atoms with van der Waals surface area (Å²) in [7, 11) is 1.40. The van der Waals surface area contributed by atoms with Crippen LogP contribution < -0.4 is 10.1 Å². The van der Waals surface area contributed by atoms with Gasteiger partial charge >= 0.3 is 0 Å². The molecule has 7 heteroatoms. The van der Waals surface area contributed by atoms with Gasteiger partial charge < -0.3 is 10.1 Å². The molecular formula is C20H19F2N3OS. The smallest absolute Gasteiger partial charge is 0.227 e. The number of rotatable bonds is 7. The van der Waals surface area contributed by atoms with Crippen molar-refractivity contribution in [3.63, 3.8) is 0 Å². The van der Waals surface area contributed by atoms with E-state index in [1.165, 1.54) is 30.9 Å². The molecule has 0 aliphatic rings. The Balaban J connectivity index is 1.90.